The van der Waals surface area contributed by atoms with Crippen LogP contribution < -0.4 is 5.73 Å². The number of nitrogens with zero attached hydrogens (tertiary/aromatic N) is 1. The van der Waals surface area contributed by atoms with Crippen molar-refractivity contribution in [3.63, 3.8) is 0 Å². The predicted octanol–water partition coefficient (Wildman–Crippen LogP) is 3.08. The van der Waals surface area contributed by atoms with Gasteiger partial charge in [-0.3, -0.25) is 0 Å². The Balaban J connectivity index is 2.80. The average Bonchev–Trinajstić information content (AvgIpc) is 2.15. The monoisotopic (exact) mass is 204 g/mol. The Kier molecular flexibility index (Phi) is 2.31. The van der Waals surface area contributed by atoms with Gasteiger partial charge in [-0.1, -0.05) is 13.8 Å². The highest BCUT2D eigenvalue weighted by Crippen LogP contribution is 2.25. The molecule has 2 N–H and O–H groups in total. The molecule has 0 amide bonds. The molecule has 0 aliphatic rings. The Morgan fingerprint density at radius 3 is 2.67 bits per heavy atom. The number of nitrogens with two attached hydrogens (primary N) is 1. The molecule has 1 heterocycles. The van der Waals surface area contributed by atoms with E-state index in [4.69, 9.17) is 5.73 Å². The number of halogens is 1. The Morgan fingerprint density at radius 2 is 2.00 bits per heavy atom. The lowest BCUT2D eigenvalue weighted by Crippen LogP contribution is -1.99. The van der Waals surface area contributed by atoms with Crippen LogP contribution >= 0.6 is 0 Å². The number of fused-ring (bicyclic) bond motifs is 1. The lowest BCUT2D eigenvalue weighted by Gasteiger charge is -2.10. The minimum atomic E-state index is -0.247. The van der Waals surface area contributed by atoms with Crippen LogP contribution in [0.25, 0.3) is 10.8 Å². The minimum Gasteiger partial charge on any atom is -0.384 e. The topological polar surface area (TPSA) is 38.9 Å². The van der Waals surface area contributed by atoms with Crippen LogP contribution in [-0.4, -0.2) is 4.98 Å². The average molecular weight is 204 g/mol. The fraction of sp³-hybridized carbons (Fsp3) is 0.250. The second-order valence-corrected chi connectivity index (χ2v) is 3.95. The highest BCUT2D eigenvalue weighted by molar-refractivity contribution is 5.86. The third-order valence-corrected chi connectivity index (χ3v) is 2.39. The molecule has 2 aromatic rings. The van der Waals surface area contributed by atoms with Gasteiger partial charge in [0.2, 0.25) is 0 Å². The summed E-state index contributed by atoms with van der Waals surface area (Å²) in [4.78, 5) is 4.29. The van der Waals surface area contributed by atoms with E-state index in [1.54, 1.807) is 12.1 Å². The Bertz CT molecular complexity index is 501. The first-order valence-electron chi connectivity index (χ1n) is 4.93. The van der Waals surface area contributed by atoms with Crippen molar-refractivity contribution in [3.8, 4) is 0 Å². The number of hydrogen-bond acceptors (Lipinski definition) is 2. The van der Waals surface area contributed by atoms with Gasteiger partial charge in [0, 0.05) is 5.39 Å². The fourth-order valence-corrected chi connectivity index (χ4v) is 1.72. The first-order valence-corrected chi connectivity index (χ1v) is 4.93. The molecule has 1 aromatic carbocycles. The van der Waals surface area contributed by atoms with E-state index in [1.807, 2.05) is 13.8 Å². The lowest BCUT2D eigenvalue weighted by molar-refractivity contribution is 0.629. The van der Waals surface area contributed by atoms with Crippen molar-refractivity contribution in [2.45, 2.75) is 19.8 Å². The summed E-state index contributed by atoms with van der Waals surface area (Å²) in [5.74, 6) is 0.473. The van der Waals surface area contributed by atoms with Gasteiger partial charge >= 0.3 is 0 Å². The van der Waals surface area contributed by atoms with E-state index >= 15 is 0 Å². The zero-order valence-electron chi connectivity index (χ0n) is 8.79. The van der Waals surface area contributed by atoms with Crippen molar-refractivity contribution in [1.29, 1.82) is 0 Å². The van der Waals surface area contributed by atoms with E-state index in [9.17, 15) is 4.39 Å². The summed E-state index contributed by atoms with van der Waals surface area (Å²) in [5, 5.41) is 1.78. The highest BCUT2D eigenvalue weighted by atomic mass is 19.1. The summed E-state index contributed by atoms with van der Waals surface area (Å²) in [6.45, 7) is 4.09. The molecule has 0 aliphatic heterocycles. The van der Waals surface area contributed by atoms with E-state index in [2.05, 4.69) is 4.98 Å². The Morgan fingerprint density at radius 1 is 1.27 bits per heavy atom. The fourth-order valence-electron chi connectivity index (χ4n) is 1.72. The van der Waals surface area contributed by atoms with Crippen molar-refractivity contribution >= 4 is 16.6 Å². The van der Waals surface area contributed by atoms with Crippen molar-refractivity contribution in [3.05, 3.63) is 35.8 Å². The van der Waals surface area contributed by atoms with Gasteiger partial charge in [0.15, 0.2) is 0 Å². The molecule has 0 atom stereocenters. The summed E-state index contributed by atoms with van der Waals surface area (Å²) in [5.41, 5.74) is 6.60. The number of benzene rings is 1. The lowest BCUT2D eigenvalue weighted by atomic mass is 10.0. The first-order chi connectivity index (χ1) is 7.08. The quantitative estimate of drug-likeness (QED) is 0.775. The number of nitrogen functional groups attached to an aromatic ring is 1. The van der Waals surface area contributed by atoms with Gasteiger partial charge in [0.05, 0.1) is 5.69 Å². The molecule has 0 saturated carbocycles. The molecular formula is C12H13FN2. The van der Waals surface area contributed by atoms with Gasteiger partial charge in [0.25, 0.3) is 0 Å². The maximum absolute atomic E-state index is 13.0. The second-order valence-electron chi connectivity index (χ2n) is 3.95. The molecule has 15 heavy (non-hydrogen) atoms. The van der Waals surface area contributed by atoms with Gasteiger partial charge in [-0.25, -0.2) is 9.37 Å². The van der Waals surface area contributed by atoms with Crippen LogP contribution in [0.1, 0.15) is 25.5 Å². The molecule has 0 radical (unpaired) electrons. The van der Waals surface area contributed by atoms with E-state index in [0.717, 1.165) is 16.5 Å². The third-order valence-electron chi connectivity index (χ3n) is 2.39. The van der Waals surface area contributed by atoms with E-state index < -0.39 is 0 Å². The van der Waals surface area contributed by atoms with Crippen LogP contribution in [0.15, 0.2) is 24.3 Å². The van der Waals surface area contributed by atoms with E-state index in [0.29, 0.717) is 5.82 Å². The van der Waals surface area contributed by atoms with Crippen molar-refractivity contribution in [2.75, 3.05) is 5.73 Å². The normalized spacial score (nSPS) is 11.2. The zero-order chi connectivity index (χ0) is 11.0. The van der Waals surface area contributed by atoms with Crippen LogP contribution in [0.5, 0.6) is 0 Å². The number of aromatic nitrogens is 1. The van der Waals surface area contributed by atoms with Gasteiger partial charge in [0.1, 0.15) is 11.6 Å². The number of pyridine rings is 1. The van der Waals surface area contributed by atoms with Crippen LogP contribution in [0, 0.1) is 5.82 Å². The zero-order valence-corrected chi connectivity index (χ0v) is 8.79. The molecule has 3 heteroatoms. The van der Waals surface area contributed by atoms with Crippen LogP contribution in [0.2, 0.25) is 0 Å². The molecule has 2 rings (SSSR count). The molecule has 2 nitrogen and oxygen atoms in total. The van der Waals surface area contributed by atoms with Crippen molar-refractivity contribution in [1.82, 2.24) is 4.98 Å². The second kappa shape index (κ2) is 3.50. The summed E-state index contributed by atoms with van der Waals surface area (Å²) in [6, 6.07) is 6.39. The largest absolute Gasteiger partial charge is 0.384 e. The van der Waals surface area contributed by atoms with Gasteiger partial charge in [-0.2, -0.15) is 0 Å². The summed E-state index contributed by atoms with van der Waals surface area (Å²) in [6.07, 6.45) is 0. The maximum Gasteiger partial charge on any atom is 0.124 e. The molecular weight excluding hydrogens is 191 g/mol. The highest BCUT2D eigenvalue weighted by Gasteiger charge is 2.08. The standard InChI is InChI=1S/C12H13FN2/c1-7(2)12-10-4-3-9(13)5-8(10)6-11(14)15-12/h3-7H,1-2H3,(H2,14,15). The summed E-state index contributed by atoms with van der Waals surface area (Å²) >= 11 is 0. The van der Waals surface area contributed by atoms with Gasteiger partial charge < -0.3 is 5.73 Å². The molecule has 0 unspecified atom stereocenters. The molecule has 0 fully saturated rings. The van der Waals surface area contributed by atoms with Crippen LogP contribution in [0.4, 0.5) is 10.2 Å². The molecule has 0 aliphatic carbocycles. The Labute approximate surface area is 87.9 Å². The minimum absolute atomic E-state index is 0.247. The molecule has 1 aromatic heterocycles. The van der Waals surface area contributed by atoms with E-state index in [-0.39, 0.29) is 11.7 Å². The smallest absolute Gasteiger partial charge is 0.124 e. The number of hydrogen-bond donors (Lipinski definition) is 1. The molecule has 0 spiro atoms. The first kappa shape index (κ1) is 9.90. The molecule has 0 saturated heterocycles. The SMILES string of the molecule is CC(C)c1nc(N)cc2cc(F)ccc12. The van der Waals surface area contributed by atoms with Gasteiger partial charge in [-0.05, 0) is 35.6 Å². The maximum atomic E-state index is 13.0. The third kappa shape index (κ3) is 1.77. The van der Waals surface area contributed by atoms with Gasteiger partial charge in [-0.15, -0.1) is 0 Å². The van der Waals surface area contributed by atoms with Crippen LogP contribution in [-0.2, 0) is 0 Å². The molecule has 0 bridgehead atoms. The number of anilines is 1. The molecule has 78 valence electrons. The number of rotatable bonds is 1. The van der Waals surface area contributed by atoms with E-state index in [1.165, 1.54) is 12.1 Å². The predicted molar refractivity (Wildman–Crippen MR) is 60.2 cm³/mol. The van der Waals surface area contributed by atoms with Crippen LogP contribution in [0.3, 0.4) is 0 Å². The Hall–Kier alpha value is -1.64. The summed E-state index contributed by atoms with van der Waals surface area (Å²) in [7, 11) is 0. The van der Waals surface area contributed by atoms with Crippen molar-refractivity contribution in [2.24, 2.45) is 0 Å². The van der Waals surface area contributed by atoms with Crippen molar-refractivity contribution < 1.29 is 4.39 Å². The summed E-state index contributed by atoms with van der Waals surface area (Å²) < 4.78 is 13.0.